The molecule has 1 heterocycles. The fraction of sp³-hybridized carbons (Fsp3) is 0. The normalized spacial score (nSPS) is 10.8. The van der Waals surface area contributed by atoms with Gasteiger partial charge in [0.05, 0.1) is 0 Å². The molecular weight excluding hydrogens is 243 g/mol. The fourth-order valence-corrected chi connectivity index (χ4v) is 2.18. The number of halogens is 1. The molecule has 4 heteroatoms. The minimum atomic E-state index is -0.476. The number of aromatic nitrogens is 1. The summed E-state index contributed by atoms with van der Waals surface area (Å²) in [7, 11) is 0. The lowest BCUT2D eigenvalue weighted by atomic mass is 10.1. The summed E-state index contributed by atoms with van der Waals surface area (Å²) in [5.41, 5.74) is 8.08. The highest BCUT2D eigenvalue weighted by atomic mass is 19.1. The number of rotatable bonds is 2. The number of amides is 1. The second kappa shape index (κ2) is 4.24. The van der Waals surface area contributed by atoms with Gasteiger partial charge in [-0.15, -0.1) is 0 Å². The molecule has 3 nitrogen and oxygen atoms in total. The number of carbonyl (C=O) groups excluding carboxylic acids is 1. The largest absolute Gasteiger partial charge is 0.366 e. The number of hydrogen-bond donors (Lipinski definition) is 2. The number of nitrogens with two attached hydrogens (primary N) is 1. The highest BCUT2D eigenvalue weighted by Gasteiger charge is 2.10. The predicted molar refractivity (Wildman–Crippen MR) is 72.2 cm³/mol. The Balaban J connectivity index is 2.22. The number of nitrogens with one attached hydrogen (secondary N) is 1. The molecule has 0 atom stereocenters. The predicted octanol–water partition coefficient (Wildman–Crippen LogP) is 3.07. The van der Waals surface area contributed by atoms with Gasteiger partial charge >= 0.3 is 0 Å². The average Bonchev–Trinajstić information content (AvgIpc) is 2.82. The highest BCUT2D eigenvalue weighted by molar-refractivity contribution is 6.06. The van der Waals surface area contributed by atoms with Crippen molar-refractivity contribution < 1.29 is 9.18 Å². The number of primary amides is 1. The maximum Gasteiger partial charge on any atom is 0.249 e. The van der Waals surface area contributed by atoms with Gasteiger partial charge in [0.25, 0.3) is 0 Å². The first-order valence-electron chi connectivity index (χ1n) is 5.82. The maximum atomic E-state index is 13.2. The molecule has 0 aliphatic rings. The molecule has 0 bridgehead atoms. The van der Waals surface area contributed by atoms with E-state index in [-0.39, 0.29) is 5.82 Å². The van der Waals surface area contributed by atoms with E-state index in [4.69, 9.17) is 5.73 Å². The van der Waals surface area contributed by atoms with Crippen molar-refractivity contribution in [2.45, 2.75) is 0 Å². The van der Waals surface area contributed by atoms with Gasteiger partial charge in [0.2, 0.25) is 5.91 Å². The van der Waals surface area contributed by atoms with E-state index in [2.05, 4.69) is 4.98 Å². The number of fused-ring (bicyclic) bond motifs is 1. The Kier molecular flexibility index (Phi) is 2.56. The number of carbonyl (C=O) groups is 1. The number of hydrogen-bond acceptors (Lipinski definition) is 1. The third-order valence-corrected chi connectivity index (χ3v) is 3.07. The van der Waals surface area contributed by atoms with Gasteiger partial charge in [-0.3, -0.25) is 4.79 Å². The molecule has 2 aromatic carbocycles. The molecule has 0 saturated heterocycles. The zero-order valence-corrected chi connectivity index (χ0v) is 9.98. The molecule has 0 aliphatic carbocycles. The van der Waals surface area contributed by atoms with Crippen LogP contribution in [-0.4, -0.2) is 10.9 Å². The van der Waals surface area contributed by atoms with Crippen LogP contribution in [0.15, 0.2) is 48.5 Å². The lowest BCUT2D eigenvalue weighted by Gasteiger charge is -1.96. The molecule has 3 aromatic rings. The zero-order chi connectivity index (χ0) is 13.4. The van der Waals surface area contributed by atoms with Gasteiger partial charge in [-0.1, -0.05) is 18.2 Å². The van der Waals surface area contributed by atoms with Gasteiger partial charge in [0.1, 0.15) is 5.82 Å². The lowest BCUT2D eigenvalue weighted by molar-refractivity contribution is 0.100. The van der Waals surface area contributed by atoms with Crippen LogP contribution in [-0.2, 0) is 0 Å². The molecule has 19 heavy (non-hydrogen) atoms. The number of benzene rings is 2. The zero-order valence-electron chi connectivity index (χ0n) is 9.98. The summed E-state index contributed by atoms with van der Waals surface area (Å²) in [6.07, 6.45) is 0. The molecule has 0 saturated carbocycles. The first kappa shape index (κ1) is 11.5. The van der Waals surface area contributed by atoms with Crippen LogP contribution in [0.4, 0.5) is 4.39 Å². The summed E-state index contributed by atoms with van der Waals surface area (Å²) in [6.45, 7) is 0. The van der Waals surface area contributed by atoms with Crippen molar-refractivity contribution in [3.05, 3.63) is 59.9 Å². The van der Waals surface area contributed by atoms with Crippen molar-refractivity contribution >= 4 is 16.8 Å². The smallest absolute Gasteiger partial charge is 0.249 e. The second-order valence-electron chi connectivity index (χ2n) is 4.32. The van der Waals surface area contributed by atoms with E-state index >= 15 is 0 Å². The molecule has 94 valence electrons. The van der Waals surface area contributed by atoms with E-state index in [1.165, 1.54) is 12.1 Å². The van der Waals surface area contributed by atoms with Crippen molar-refractivity contribution in [1.29, 1.82) is 0 Å². The van der Waals surface area contributed by atoms with Crippen LogP contribution in [0.1, 0.15) is 10.4 Å². The van der Waals surface area contributed by atoms with E-state index < -0.39 is 5.91 Å². The van der Waals surface area contributed by atoms with Crippen LogP contribution in [0.5, 0.6) is 0 Å². The molecule has 1 aromatic heterocycles. The third kappa shape index (κ3) is 1.97. The van der Waals surface area contributed by atoms with Crippen molar-refractivity contribution in [2.75, 3.05) is 0 Å². The summed E-state index contributed by atoms with van der Waals surface area (Å²) in [5.74, 6) is -0.776. The Morgan fingerprint density at radius 3 is 2.63 bits per heavy atom. The van der Waals surface area contributed by atoms with Crippen LogP contribution < -0.4 is 5.73 Å². The van der Waals surface area contributed by atoms with E-state index in [0.29, 0.717) is 5.56 Å². The van der Waals surface area contributed by atoms with Crippen molar-refractivity contribution in [3.8, 4) is 11.3 Å². The quantitative estimate of drug-likeness (QED) is 0.725. The van der Waals surface area contributed by atoms with E-state index in [9.17, 15) is 9.18 Å². The number of H-pyrrole nitrogens is 1. The van der Waals surface area contributed by atoms with E-state index in [0.717, 1.165) is 22.2 Å². The van der Waals surface area contributed by atoms with Crippen LogP contribution >= 0.6 is 0 Å². The molecule has 0 unspecified atom stereocenters. The molecule has 0 fully saturated rings. The number of aromatic amines is 1. The average molecular weight is 254 g/mol. The molecule has 0 radical (unpaired) electrons. The molecule has 0 spiro atoms. The highest BCUT2D eigenvalue weighted by Crippen LogP contribution is 2.26. The van der Waals surface area contributed by atoms with Crippen molar-refractivity contribution in [3.63, 3.8) is 0 Å². The summed E-state index contributed by atoms with van der Waals surface area (Å²) >= 11 is 0. The van der Waals surface area contributed by atoms with Crippen LogP contribution in [0.25, 0.3) is 22.2 Å². The summed E-state index contributed by atoms with van der Waals surface area (Å²) in [4.78, 5) is 14.5. The lowest BCUT2D eigenvalue weighted by Crippen LogP contribution is -2.10. The minimum Gasteiger partial charge on any atom is -0.366 e. The van der Waals surface area contributed by atoms with Crippen molar-refractivity contribution in [1.82, 2.24) is 4.98 Å². The Bertz CT molecular complexity index is 777. The summed E-state index contributed by atoms with van der Waals surface area (Å²) in [6, 6.07) is 13.4. The standard InChI is InChI=1S/C15H11FN2O/c16-10-4-1-3-9(7-10)14-8-12-11(15(17)19)5-2-6-13(12)18-14/h1-8,18H,(H2,17,19). The minimum absolute atomic E-state index is 0.300. The Hall–Kier alpha value is -2.62. The van der Waals surface area contributed by atoms with Gasteiger partial charge in [-0.2, -0.15) is 0 Å². The molecule has 3 rings (SSSR count). The van der Waals surface area contributed by atoms with Crippen LogP contribution in [0, 0.1) is 5.82 Å². The van der Waals surface area contributed by atoms with Gasteiger partial charge in [0.15, 0.2) is 0 Å². The second-order valence-corrected chi connectivity index (χ2v) is 4.32. The Morgan fingerprint density at radius 2 is 1.89 bits per heavy atom. The Labute approximate surface area is 108 Å². The van der Waals surface area contributed by atoms with Crippen molar-refractivity contribution in [2.24, 2.45) is 5.73 Å². The molecule has 3 N–H and O–H groups in total. The Morgan fingerprint density at radius 1 is 1.11 bits per heavy atom. The summed E-state index contributed by atoms with van der Waals surface area (Å²) in [5, 5.41) is 0.745. The first-order valence-corrected chi connectivity index (χ1v) is 5.82. The molecular formula is C15H11FN2O. The first-order chi connectivity index (χ1) is 9.15. The SMILES string of the molecule is NC(=O)c1cccc2[nH]c(-c3cccc(F)c3)cc12. The van der Waals surface area contributed by atoms with Gasteiger partial charge in [0, 0.05) is 27.7 Å². The van der Waals surface area contributed by atoms with Gasteiger partial charge in [-0.05, 0) is 30.3 Å². The third-order valence-electron chi connectivity index (χ3n) is 3.07. The van der Waals surface area contributed by atoms with Crippen LogP contribution in [0.2, 0.25) is 0 Å². The van der Waals surface area contributed by atoms with E-state index in [1.807, 2.05) is 12.1 Å². The summed E-state index contributed by atoms with van der Waals surface area (Å²) < 4.78 is 13.2. The van der Waals surface area contributed by atoms with Gasteiger partial charge < -0.3 is 10.7 Å². The fourth-order valence-electron chi connectivity index (χ4n) is 2.18. The van der Waals surface area contributed by atoms with E-state index in [1.54, 1.807) is 24.3 Å². The monoisotopic (exact) mass is 254 g/mol. The maximum absolute atomic E-state index is 13.2. The topological polar surface area (TPSA) is 58.9 Å². The van der Waals surface area contributed by atoms with Crippen LogP contribution in [0.3, 0.4) is 0 Å². The molecule has 1 amide bonds. The molecule has 0 aliphatic heterocycles. The van der Waals surface area contributed by atoms with Gasteiger partial charge in [-0.25, -0.2) is 4.39 Å².